The van der Waals surface area contributed by atoms with Crippen molar-refractivity contribution in [2.24, 2.45) is 0 Å². The molecule has 1 saturated heterocycles. The molecule has 1 heterocycles. The van der Waals surface area contributed by atoms with Crippen LogP contribution in [0.4, 0.5) is 0 Å². The van der Waals surface area contributed by atoms with E-state index in [0.717, 1.165) is 25.7 Å². The van der Waals surface area contributed by atoms with E-state index >= 15 is 0 Å². The Morgan fingerprint density at radius 3 is 3.06 bits per heavy atom. The van der Waals surface area contributed by atoms with Crippen molar-refractivity contribution in [3.63, 3.8) is 0 Å². The van der Waals surface area contributed by atoms with Crippen LogP contribution in [0.15, 0.2) is 24.3 Å². The number of hydrogen-bond acceptors (Lipinski definition) is 3. The topological polar surface area (TPSA) is 38.8 Å². The average Bonchev–Trinajstić information content (AvgIpc) is 2.97. The Morgan fingerprint density at radius 1 is 1.39 bits per heavy atom. The minimum Gasteiger partial charge on any atom is -0.459 e. The Bertz CT molecular complexity index is 538. The first-order valence-corrected chi connectivity index (χ1v) is 6.64. The minimum absolute atomic E-state index is 0.0402. The molecule has 0 amide bonds. The second-order valence-corrected chi connectivity index (χ2v) is 5.63. The Kier molecular flexibility index (Phi) is 1.85. The van der Waals surface area contributed by atoms with E-state index in [4.69, 9.17) is 9.47 Å². The van der Waals surface area contributed by atoms with Crippen molar-refractivity contribution in [1.29, 1.82) is 0 Å². The van der Waals surface area contributed by atoms with E-state index in [2.05, 4.69) is 24.3 Å². The predicted octanol–water partition coefficient (Wildman–Crippen LogP) is 2.32. The third-order valence-corrected chi connectivity index (χ3v) is 4.78. The highest BCUT2D eigenvalue weighted by Gasteiger charge is 2.79. The Labute approximate surface area is 106 Å². The van der Waals surface area contributed by atoms with Gasteiger partial charge in [0.25, 0.3) is 0 Å². The zero-order chi connectivity index (χ0) is 12.4. The molecule has 1 aliphatic heterocycles. The van der Waals surface area contributed by atoms with Crippen LogP contribution in [0.2, 0.25) is 0 Å². The molecule has 4 rings (SSSR count). The molecule has 3 nitrogen and oxygen atoms in total. The molecule has 2 fully saturated rings. The smallest absolute Gasteiger partial charge is 0.303 e. The van der Waals surface area contributed by atoms with Crippen LogP contribution in [0.3, 0.4) is 0 Å². The molecule has 3 atom stereocenters. The number of hydrogen-bond donors (Lipinski definition) is 0. The van der Waals surface area contributed by atoms with Crippen LogP contribution in [0, 0.1) is 0 Å². The van der Waals surface area contributed by atoms with Crippen molar-refractivity contribution < 1.29 is 14.3 Å². The summed E-state index contributed by atoms with van der Waals surface area (Å²) in [5.41, 5.74) is 2.24. The van der Waals surface area contributed by atoms with E-state index in [9.17, 15) is 4.79 Å². The fraction of sp³-hybridized carbons (Fsp3) is 0.533. The summed E-state index contributed by atoms with van der Waals surface area (Å²) in [6.07, 6.45) is 3.97. The van der Waals surface area contributed by atoms with Gasteiger partial charge in [0.05, 0.1) is 0 Å². The predicted molar refractivity (Wildman–Crippen MR) is 65.0 cm³/mol. The summed E-state index contributed by atoms with van der Waals surface area (Å²) in [4.78, 5) is 11.3. The van der Waals surface area contributed by atoms with Crippen molar-refractivity contribution in [3.05, 3.63) is 35.4 Å². The van der Waals surface area contributed by atoms with Crippen LogP contribution >= 0.6 is 0 Å². The highest BCUT2D eigenvalue weighted by atomic mass is 16.7. The first-order chi connectivity index (χ1) is 8.68. The maximum absolute atomic E-state index is 11.3. The molecule has 0 unspecified atom stereocenters. The number of esters is 1. The minimum atomic E-state index is -0.326. The normalized spacial score (nSPS) is 39.5. The van der Waals surface area contributed by atoms with Gasteiger partial charge in [-0.05, 0) is 36.8 Å². The molecular formula is C15H16O3. The molecular weight excluding hydrogens is 228 g/mol. The number of ether oxygens (including phenoxy) is 2. The Hall–Kier alpha value is -1.35. The third-order valence-electron chi connectivity index (χ3n) is 4.78. The molecule has 1 aromatic carbocycles. The highest BCUT2D eigenvalue weighted by molar-refractivity contribution is 5.67. The number of benzene rings is 1. The fourth-order valence-corrected chi connectivity index (χ4v) is 4.06. The maximum Gasteiger partial charge on any atom is 0.303 e. The van der Waals surface area contributed by atoms with Gasteiger partial charge in [-0.2, -0.15) is 0 Å². The summed E-state index contributed by atoms with van der Waals surface area (Å²) in [6.45, 7) is 1.48. The number of fused-ring (bicyclic) bond motifs is 1. The van der Waals surface area contributed by atoms with Gasteiger partial charge < -0.3 is 9.47 Å². The van der Waals surface area contributed by atoms with Gasteiger partial charge in [-0.3, -0.25) is 4.79 Å². The summed E-state index contributed by atoms with van der Waals surface area (Å²) in [5.74, 6) is -0.205. The second kappa shape index (κ2) is 3.15. The lowest BCUT2D eigenvalue weighted by Gasteiger charge is -2.26. The van der Waals surface area contributed by atoms with Crippen LogP contribution in [-0.4, -0.2) is 17.7 Å². The molecule has 0 spiro atoms. The van der Waals surface area contributed by atoms with Crippen LogP contribution in [0.1, 0.15) is 37.3 Å². The standard InChI is InChI=1S/C15H16O3/c1-10(16)17-13-7-9-14-8-6-11-4-2-3-5-12(11)15(13,14)18-14/h2-5,13H,6-9H2,1H3/t13-,14-,15+/m1/s1. The molecule has 3 aliphatic rings. The molecule has 0 radical (unpaired) electrons. The van der Waals surface area contributed by atoms with Gasteiger partial charge in [-0.15, -0.1) is 0 Å². The molecule has 18 heavy (non-hydrogen) atoms. The fourth-order valence-electron chi connectivity index (χ4n) is 4.06. The summed E-state index contributed by atoms with van der Waals surface area (Å²) in [6, 6.07) is 8.42. The van der Waals surface area contributed by atoms with Gasteiger partial charge in [-0.1, -0.05) is 24.3 Å². The van der Waals surface area contributed by atoms with E-state index in [1.54, 1.807) is 0 Å². The van der Waals surface area contributed by atoms with Crippen molar-refractivity contribution in [1.82, 2.24) is 0 Å². The first-order valence-electron chi connectivity index (χ1n) is 6.64. The SMILES string of the molecule is CC(=O)O[C@@H]1CC[C@]23CCc4ccccc4[C@]12O3. The van der Waals surface area contributed by atoms with Crippen LogP contribution in [-0.2, 0) is 26.3 Å². The lowest BCUT2D eigenvalue weighted by molar-refractivity contribution is -0.150. The van der Waals surface area contributed by atoms with Gasteiger partial charge in [0, 0.05) is 6.92 Å². The first kappa shape index (κ1) is 10.6. The highest BCUT2D eigenvalue weighted by Crippen LogP contribution is 2.70. The lowest BCUT2D eigenvalue weighted by atomic mass is 9.76. The van der Waals surface area contributed by atoms with Crippen molar-refractivity contribution in [3.8, 4) is 0 Å². The van der Waals surface area contributed by atoms with E-state index in [1.807, 2.05) is 0 Å². The average molecular weight is 244 g/mol. The molecule has 94 valence electrons. The van der Waals surface area contributed by atoms with E-state index < -0.39 is 0 Å². The number of carbonyl (C=O) groups is 1. The number of carbonyl (C=O) groups excluding carboxylic acids is 1. The van der Waals surface area contributed by atoms with Gasteiger partial charge in [0.2, 0.25) is 0 Å². The largest absolute Gasteiger partial charge is 0.459 e. The summed E-state index contributed by atoms with van der Waals surface area (Å²) >= 11 is 0. The van der Waals surface area contributed by atoms with E-state index in [-0.39, 0.29) is 23.3 Å². The number of aryl methyl sites for hydroxylation is 1. The van der Waals surface area contributed by atoms with Crippen LogP contribution in [0.5, 0.6) is 0 Å². The van der Waals surface area contributed by atoms with Crippen molar-refractivity contribution in [2.45, 2.75) is 49.9 Å². The van der Waals surface area contributed by atoms with Gasteiger partial charge in [0.15, 0.2) is 5.60 Å². The van der Waals surface area contributed by atoms with Gasteiger partial charge in [0.1, 0.15) is 11.7 Å². The van der Waals surface area contributed by atoms with Crippen molar-refractivity contribution in [2.75, 3.05) is 0 Å². The molecule has 3 heteroatoms. The van der Waals surface area contributed by atoms with Crippen molar-refractivity contribution >= 4 is 5.97 Å². The molecule has 1 aromatic rings. The lowest BCUT2D eigenvalue weighted by Crippen LogP contribution is -2.35. The maximum atomic E-state index is 11.3. The quantitative estimate of drug-likeness (QED) is 0.562. The summed E-state index contributed by atoms with van der Waals surface area (Å²) < 4.78 is 11.7. The molecule has 0 bridgehead atoms. The monoisotopic (exact) mass is 244 g/mol. The van der Waals surface area contributed by atoms with E-state index in [1.165, 1.54) is 18.1 Å². The Morgan fingerprint density at radius 2 is 2.22 bits per heavy atom. The Balaban J connectivity index is 1.82. The molecule has 0 N–H and O–H groups in total. The molecule has 2 aliphatic carbocycles. The summed E-state index contributed by atoms with van der Waals surface area (Å²) in [7, 11) is 0. The summed E-state index contributed by atoms with van der Waals surface area (Å²) in [5, 5.41) is 0. The molecule has 1 saturated carbocycles. The number of epoxide rings is 1. The van der Waals surface area contributed by atoms with Gasteiger partial charge >= 0.3 is 5.97 Å². The van der Waals surface area contributed by atoms with Crippen LogP contribution < -0.4 is 0 Å². The molecule has 0 aromatic heterocycles. The van der Waals surface area contributed by atoms with E-state index in [0.29, 0.717) is 0 Å². The van der Waals surface area contributed by atoms with Crippen LogP contribution in [0.25, 0.3) is 0 Å². The third kappa shape index (κ3) is 1.06. The number of rotatable bonds is 1. The second-order valence-electron chi connectivity index (χ2n) is 5.63. The zero-order valence-corrected chi connectivity index (χ0v) is 10.4. The zero-order valence-electron chi connectivity index (χ0n) is 10.4. The van der Waals surface area contributed by atoms with Gasteiger partial charge in [-0.25, -0.2) is 0 Å².